The Bertz CT molecular complexity index is 485. The van der Waals surface area contributed by atoms with Gasteiger partial charge in [0.05, 0.1) is 5.71 Å². The van der Waals surface area contributed by atoms with E-state index in [9.17, 15) is 0 Å². The number of aryl methyl sites for hydroxylation is 1. The van der Waals surface area contributed by atoms with E-state index in [1.54, 1.807) is 4.68 Å². The third kappa shape index (κ3) is 1.41. The predicted octanol–water partition coefficient (Wildman–Crippen LogP) is 0.250. The molecule has 0 saturated heterocycles. The summed E-state index contributed by atoms with van der Waals surface area (Å²) in [5.41, 5.74) is 2.51. The summed E-state index contributed by atoms with van der Waals surface area (Å²) in [6.45, 7) is 0. The third-order valence-corrected chi connectivity index (χ3v) is 2.30. The molecule has 7 nitrogen and oxygen atoms in total. The molecule has 0 amide bonds. The Balaban J connectivity index is 2.03. The predicted molar refractivity (Wildman–Crippen MR) is 49.2 cm³/mol. The normalized spacial score (nSPS) is 18.0. The summed E-state index contributed by atoms with van der Waals surface area (Å²) in [7, 11) is 0. The van der Waals surface area contributed by atoms with Gasteiger partial charge in [0.1, 0.15) is 18.3 Å². The molecule has 0 atom stereocenters. The topological polar surface area (TPSA) is 82.0 Å². The summed E-state index contributed by atoms with van der Waals surface area (Å²) in [5, 5.41) is 19.4. The Morgan fingerprint density at radius 2 is 2.07 bits per heavy atom. The lowest BCUT2D eigenvalue weighted by atomic mass is 9.99. The Kier molecular flexibility index (Phi) is 1.80. The summed E-state index contributed by atoms with van der Waals surface area (Å²) >= 11 is 0. The molecule has 2 aromatic rings. The van der Waals surface area contributed by atoms with Crippen molar-refractivity contribution < 1.29 is 4.63 Å². The number of hydrogen-bond acceptors (Lipinski definition) is 6. The fourth-order valence-electron chi connectivity index (χ4n) is 1.62. The van der Waals surface area contributed by atoms with Crippen molar-refractivity contribution in [3.05, 3.63) is 24.0 Å². The van der Waals surface area contributed by atoms with E-state index in [4.69, 9.17) is 4.63 Å². The first-order chi connectivity index (χ1) is 7.43. The number of fused-ring (bicyclic) bond motifs is 1. The highest BCUT2D eigenvalue weighted by molar-refractivity contribution is 6.00. The van der Waals surface area contributed by atoms with E-state index in [0.29, 0.717) is 0 Å². The number of hydrogen-bond donors (Lipinski definition) is 0. The first-order valence-electron chi connectivity index (χ1n) is 4.68. The first-order valence-corrected chi connectivity index (χ1v) is 4.68. The van der Waals surface area contributed by atoms with Crippen molar-refractivity contribution in [1.29, 1.82) is 0 Å². The molecule has 15 heavy (non-hydrogen) atoms. The Morgan fingerprint density at radius 3 is 2.93 bits per heavy atom. The molecule has 0 saturated carbocycles. The van der Waals surface area contributed by atoms with Gasteiger partial charge in [0.25, 0.3) is 0 Å². The molecular weight excluding hydrogens is 196 g/mol. The summed E-state index contributed by atoms with van der Waals surface area (Å²) < 4.78 is 6.25. The highest BCUT2D eigenvalue weighted by atomic mass is 16.6. The lowest BCUT2D eigenvalue weighted by Gasteiger charge is -2.08. The first kappa shape index (κ1) is 8.27. The third-order valence-electron chi connectivity index (χ3n) is 2.30. The van der Waals surface area contributed by atoms with Crippen LogP contribution in [0, 0.1) is 0 Å². The van der Waals surface area contributed by atoms with Crippen LogP contribution in [0.4, 0.5) is 0 Å². The molecule has 0 aliphatic heterocycles. The molecule has 0 N–H and O–H groups in total. The minimum Gasteiger partial charge on any atom is -0.244 e. The van der Waals surface area contributed by atoms with Gasteiger partial charge in [0, 0.05) is 0 Å². The fourth-order valence-corrected chi connectivity index (χ4v) is 1.62. The second-order valence-corrected chi connectivity index (χ2v) is 3.30. The second kappa shape index (κ2) is 3.26. The number of nitrogens with zero attached hydrogens (tertiary/aromatic N) is 6. The molecule has 0 aromatic carbocycles. The van der Waals surface area contributed by atoms with Crippen LogP contribution in [-0.4, -0.2) is 30.9 Å². The highest BCUT2D eigenvalue weighted by Gasteiger charge is 2.21. The van der Waals surface area contributed by atoms with Crippen LogP contribution in [0.5, 0.6) is 0 Å². The van der Waals surface area contributed by atoms with Gasteiger partial charge in [-0.3, -0.25) is 0 Å². The van der Waals surface area contributed by atoms with Gasteiger partial charge in [-0.15, -0.1) is 10.2 Å². The molecule has 2 heterocycles. The van der Waals surface area contributed by atoms with E-state index < -0.39 is 0 Å². The lowest BCUT2D eigenvalue weighted by Crippen LogP contribution is -2.13. The van der Waals surface area contributed by atoms with Gasteiger partial charge in [-0.2, -0.15) is 5.10 Å². The average molecular weight is 204 g/mol. The van der Waals surface area contributed by atoms with Gasteiger partial charge < -0.3 is 0 Å². The van der Waals surface area contributed by atoms with Crippen LogP contribution in [0.15, 0.2) is 22.4 Å². The standard InChI is InChI=1S/C8H8N6O/c1-2-6(11-14-4-9-10-5-14)8-7(3-1)12-15-13-8/h4-5H,1-3H2/b11-6-. The fraction of sp³-hybridized carbons (Fsp3) is 0.375. The highest BCUT2D eigenvalue weighted by Crippen LogP contribution is 2.18. The molecule has 1 aliphatic rings. The molecule has 0 bridgehead atoms. The van der Waals surface area contributed by atoms with Crippen molar-refractivity contribution in [1.82, 2.24) is 25.2 Å². The van der Waals surface area contributed by atoms with Gasteiger partial charge >= 0.3 is 0 Å². The quantitative estimate of drug-likeness (QED) is 0.665. The van der Waals surface area contributed by atoms with Crippen molar-refractivity contribution >= 4 is 5.71 Å². The zero-order chi connectivity index (χ0) is 10.1. The number of aromatic nitrogens is 5. The van der Waals surface area contributed by atoms with Gasteiger partial charge in [-0.25, -0.2) is 9.31 Å². The largest absolute Gasteiger partial charge is 0.244 e. The van der Waals surface area contributed by atoms with Crippen molar-refractivity contribution in [3.8, 4) is 0 Å². The van der Waals surface area contributed by atoms with Crippen molar-refractivity contribution in [2.45, 2.75) is 19.3 Å². The monoisotopic (exact) mass is 204 g/mol. The molecule has 3 rings (SSSR count). The summed E-state index contributed by atoms with van der Waals surface area (Å²) in [5.74, 6) is 0. The Labute approximate surface area is 84.8 Å². The molecule has 7 heteroatoms. The zero-order valence-corrected chi connectivity index (χ0v) is 7.87. The van der Waals surface area contributed by atoms with Crippen LogP contribution in [0.2, 0.25) is 0 Å². The van der Waals surface area contributed by atoms with Gasteiger partial charge in [-0.1, -0.05) is 5.16 Å². The molecule has 0 radical (unpaired) electrons. The van der Waals surface area contributed by atoms with Crippen LogP contribution in [-0.2, 0) is 6.42 Å². The van der Waals surface area contributed by atoms with Gasteiger partial charge in [-0.05, 0) is 24.4 Å². The molecule has 1 aliphatic carbocycles. The van der Waals surface area contributed by atoms with E-state index in [2.05, 4.69) is 25.6 Å². The van der Waals surface area contributed by atoms with Crippen molar-refractivity contribution in [2.75, 3.05) is 0 Å². The van der Waals surface area contributed by atoms with Crippen LogP contribution in [0.3, 0.4) is 0 Å². The zero-order valence-electron chi connectivity index (χ0n) is 7.87. The van der Waals surface area contributed by atoms with Gasteiger partial charge in [0.2, 0.25) is 0 Å². The Morgan fingerprint density at radius 1 is 1.20 bits per heavy atom. The van der Waals surface area contributed by atoms with E-state index >= 15 is 0 Å². The van der Waals surface area contributed by atoms with Crippen LogP contribution < -0.4 is 0 Å². The molecule has 0 unspecified atom stereocenters. The van der Waals surface area contributed by atoms with Crippen LogP contribution >= 0.6 is 0 Å². The summed E-state index contributed by atoms with van der Waals surface area (Å²) in [6.07, 6.45) is 5.87. The van der Waals surface area contributed by atoms with Crippen molar-refractivity contribution in [3.63, 3.8) is 0 Å². The molecule has 76 valence electrons. The van der Waals surface area contributed by atoms with E-state index in [1.807, 2.05) is 0 Å². The maximum absolute atomic E-state index is 4.70. The lowest BCUT2D eigenvalue weighted by molar-refractivity contribution is 0.303. The van der Waals surface area contributed by atoms with Crippen LogP contribution in [0.25, 0.3) is 0 Å². The minimum absolute atomic E-state index is 0.759. The second-order valence-electron chi connectivity index (χ2n) is 3.30. The Hall–Kier alpha value is -2.05. The summed E-state index contributed by atoms with van der Waals surface area (Å²) in [4.78, 5) is 0. The molecule has 2 aromatic heterocycles. The van der Waals surface area contributed by atoms with E-state index in [0.717, 1.165) is 36.4 Å². The average Bonchev–Trinajstić information content (AvgIpc) is 2.87. The molecule has 0 fully saturated rings. The molecular formula is C8H8N6O. The van der Waals surface area contributed by atoms with E-state index in [1.165, 1.54) is 12.7 Å². The van der Waals surface area contributed by atoms with Crippen molar-refractivity contribution in [2.24, 2.45) is 5.10 Å². The summed E-state index contributed by atoms with van der Waals surface area (Å²) in [6, 6.07) is 0. The van der Waals surface area contributed by atoms with E-state index in [-0.39, 0.29) is 0 Å². The van der Waals surface area contributed by atoms with Gasteiger partial charge in [0.15, 0.2) is 5.69 Å². The SMILES string of the molecule is c1nncn1/N=C1/CCCc2nonc21. The maximum atomic E-state index is 4.70. The minimum atomic E-state index is 0.759. The van der Waals surface area contributed by atoms with Crippen LogP contribution in [0.1, 0.15) is 24.2 Å². The number of rotatable bonds is 1. The maximum Gasteiger partial charge on any atom is 0.154 e. The smallest absolute Gasteiger partial charge is 0.154 e. The molecule has 0 spiro atoms.